The molecule has 1 rings (SSSR count). The molecular weight excluding hydrogens is 182 g/mol. The Balaban J connectivity index is 3.18. The van der Waals surface area contributed by atoms with Crippen molar-refractivity contribution < 1.29 is 9.59 Å². The summed E-state index contributed by atoms with van der Waals surface area (Å²) < 4.78 is 0. The van der Waals surface area contributed by atoms with E-state index in [9.17, 15) is 9.59 Å². The fraction of sp³-hybridized carbons (Fsp3) is 0.111. The maximum atomic E-state index is 10.9. The molecule has 4 amide bonds. The monoisotopic (exact) mass is 193 g/mol. The fourth-order valence-corrected chi connectivity index (χ4v) is 1.16. The second-order valence-corrected chi connectivity index (χ2v) is 2.80. The number of hydrogen-bond donors (Lipinski definition) is 2. The lowest BCUT2D eigenvalue weighted by atomic mass is 10.2. The van der Waals surface area contributed by atoms with E-state index in [1.54, 1.807) is 31.2 Å². The van der Waals surface area contributed by atoms with E-state index in [1.807, 2.05) is 0 Å². The Labute approximate surface area is 81.3 Å². The third-order valence-electron chi connectivity index (χ3n) is 1.80. The Bertz CT molecular complexity index is 362. The summed E-state index contributed by atoms with van der Waals surface area (Å²) in [5.41, 5.74) is 11.2. The lowest BCUT2D eigenvalue weighted by Gasteiger charge is -2.17. The van der Waals surface area contributed by atoms with Crippen molar-refractivity contribution >= 4 is 17.7 Å². The molecule has 1 aromatic rings. The molecule has 0 fully saturated rings. The molecule has 0 saturated carbocycles. The fourth-order valence-electron chi connectivity index (χ4n) is 1.16. The van der Waals surface area contributed by atoms with Gasteiger partial charge in [-0.05, 0) is 18.6 Å². The van der Waals surface area contributed by atoms with Crippen LogP contribution in [-0.2, 0) is 0 Å². The number of aryl methyl sites for hydroxylation is 1. The highest BCUT2D eigenvalue weighted by molar-refractivity contribution is 6.12. The van der Waals surface area contributed by atoms with Crippen LogP contribution in [0.15, 0.2) is 24.3 Å². The topological polar surface area (TPSA) is 89.4 Å². The van der Waals surface area contributed by atoms with Gasteiger partial charge in [0.05, 0.1) is 5.69 Å². The molecule has 0 heterocycles. The van der Waals surface area contributed by atoms with Gasteiger partial charge in [0.1, 0.15) is 0 Å². The molecule has 5 nitrogen and oxygen atoms in total. The Morgan fingerprint density at radius 3 is 2.07 bits per heavy atom. The second kappa shape index (κ2) is 3.78. The van der Waals surface area contributed by atoms with Crippen LogP contribution >= 0.6 is 0 Å². The second-order valence-electron chi connectivity index (χ2n) is 2.80. The van der Waals surface area contributed by atoms with Crippen molar-refractivity contribution in [3.05, 3.63) is 29.8 Å². The molecule has 0 bridgehead atoms. The normalized spacial score (nSPS) is 9.50. The van der Waals surface area contributed by atoms with Crippen LogP contribution in [0.1, 0.15) is 5.56 Å². The maximum absolute atomic E-state index is 10.9. The molecular formula is C9H11N3O2. The zero-order valence-electron chi connectivity index (χ0n) is 7.73. The number of urea groups is 2. The smallest absolute Gasteiger partial charge is 0.327 e. The molecule has 0 saturated heterocycles. The number of nitrogens with two attached hydrogens (primary N) is 2. The number of para-hydroxylation sites is 1. The number of anilines is 1. The highest BCUT2D eigenvalue weighted by Crippen LogP contribution is 2.18. The summed E-state index contributed by atoms with van der Waals surface area (Å²) in [7, 11) is 0. The number of carbonyl (C=O) groups excluding carboxylic acids is 2. The Hall–Kier alpha value is -2.04. The number of hydrogen-bond acceptors (Lipinski definition) is 2. The van der Waals surface area contributed by atoms with Crippen molar-refractivity contribution in [3.63, 3.8) is 0 Å². The van der Waals surface area contributed by atoms with Crippen molar-refractivity contribution in [2.24, 2.45) is 11.5 Å². The van der Waals surface area contributed by atoms with Crippen molar-refractivity contribution in [2.75, 3.05) is 4.90 Å². The molecule has 5 heteroatoms. The first-order valence-corrected chi connectivity index (χ1v) is 3.98. The zero-order chi connectivity index (χ0) is 10.7. The van der Waals surface area contributed by atoms with Crippen molar-refractivity contribution in [2.45, 2.75) is 6.92 Å². The molecule has 14 heavy (non-hydrogen) atoms. The molecule has 0 spiro atoms. The molecule has 0 radical (unpaired) electrons. The lowest BCUT2D eigenvalue weighted by molar-refractivity contribution is 0.243. The number of carbonyl (C=O) groups is 2. The van der Waals surface area contributed by atoms with Gasteiger partial charge in [0.2, 0.25) is 0 Å². The molecule has 74 valence electrons. The van der Waals surface area contributed by atoms with E-state index in [0.29, 0.717) is 5.69 Å². The zero-order valence-corrected chi connectivity index (χ0v) is 7.73. The van der Waals surface area contributed by atoms with E-state index in [0.717, 1.165) is 10.5 Å². The van der Waals surface area contributed by atoms with Gasteiger partial charge >= 0.3 is 12.1 Å². The number of benzene rings is 1. The largest absolute Gasteiger partial charge is 0.351 e. The predicted molar refractivity (Wildman–Crippen MR) is 52.8 cm³/mol. The van der Waals surface area contributed by atoms with Crippen molar-refractivity contribution in [3.8, 4) is 0 Å². The molecule has 1 aromatic carbocycles. The van der Waals surface area contributed by atoms with E-state index in [1.165, 1.54) is 0 Å². The van der Waals surface area contributed by atoms with Gasteiger partial charge in [-0.3, -0.25) is 0 Å². The molecule has 0 unspecified atom stereocenters. The SMILES string of the molecule is Cc1ccccc1N(C(N)=O)C(N)=O. The van der Waals surface area contributed by atoms with Crippen LogP contribution in [-0.4, -0.2) is 12.1 Å². The number of rotatable bonds is 1. The van der Waals surface area contributed by atoms with E-state index in [4.69, 9.17) is 11.5 Å². The lowest BCUT2D eigenvalue weighted by Crippen LogP contribution is -2.44. The van der Waals surface area contributed by atoms with Gasteiger partial charge in [-0.2, -0.15) is 0 Å². The summed E-state index contributed by atoms with van der Waals surface area (Å²) in [4.78, 5) is 22.6. The van der Waals surface area contributed by atoms with Gasteiger partial charge in [0, 0.05) is 0 Å². The van der Waals surface area contributed by atoms with Crippen molar-refractivity contribution in [1.82, 2.24) is 0 Å². The highest BCUT2D eigenvalue weighted by Gasteiger charge is 2.19. The third kappa shape index (κ3) is 1.82. The standard InChI is InChI=1S/C9H11N3O2/c1-6-4-2-3-5-7(6)12(8(10)13)9(11)14/h2-5H,1H3,(H2,10,13)(H2,11,14). The van der Waals surface area contributed by atoms with Gasteiger partial charge in [-0.1, -0.05) is 18.2 Å². The first kappa shape index (κ1) is 10.0. The van der Waals surface area contributed by atoms with E-state index in [2.05, 4.69) is 0 Å². The van der Waals surface area contributed by atoms with Gasteiger partial charge < -0.3 is 11.5 Å². The minimum Gasteiger partial charge on any atom is -0.351 e. The molecule has 0 aromatic heterocycles. The van der Waals surface area contributed by atoms with Crippen molar-refractivity contribution in [1.29, 1.82) is 0 Å². The minimum absolute atomic E-state index is 0.410. The molecule has 0 aliphatic carbocycles. The quantitative estimate of drug-likeness (QED) is 0.695. The van der Waals surface area contributed by atoms with E-state index >= 15 is 0 Å². The average Bonchev–Trinajstić information content (AvgIpc) is 2.07. The maximum Gasteiger partial charge on any atom is 0.327 e. The van der Waals surface area contributed by atoms with Gasteiger partial charge in [-0.15, -0.1) is 0 Å². The minimum atomic E-state index is -0.883. The number of imide groups is 1. The summed E-state index contributed by atoms with van der Waals surface area (Å²) in [6.45, 7) is 1.76. The first-order chi connectivity index (χ1) is 6.54. The van der Waals surface area contributed by atoms with Crippen LogP contribution in [0.3, 0.4) is 0 Å². The Kier molecular flexibility index (Phi) is 2.71. The van der Waals surface area contributed by atoms with Crippen LogP contribution < -0.4 is 16.4 Å². The van der Waals surface area contributed by atoms with Crippen LogP contribution in [0.2, 0.25) is 0 Å². The summed E-state index contributed by atoms with van der Waals surface area (Å²) in [5, 5.41) is 0. The summed E-state index contributed by atoms with van der Waals surface area (Å²) in [5.74, 6) is 0. The summed E-state index contributed by atoms with van der Waals surface area (Å²) in [6, 6.07) is 5.08. The predicted octanol–water partition coefficient (Wildman–Crippen LogP) is 0.959. The van der Waals surface area contributed by atoms with Crippen LogP contribution in [0.25, 0.3) is 0 Å². The number of amides is 4. The third-order valence-corrected chi connectivity index (χ3v) is 1.80. The molecule has 0 aliphatic rings. The van der Waals surface area contributed by atoms with Crippen LogP contribution in [0.4, 0.5) is 15.3 Å². The molecule has 4 N–H and O–H groups in total. The van der Waals surface area contributed by atoms with Crippen LogP contribution in [0, 0.1) is 6.92 Å². The van der Waals surface area contributed by atoms with Gasteiger partial charge in [0.25, 0.3) is 0 Å². The number of primary amides is 2. The molecule has 0 atom stereocenters. The summed E-state index contributed by atoms with van der Waals surface area (Å²) in [6.07, 6.45) is 0. The Morgan fingerprint density at radius 2 is 1.64 bits per heavy atom. The molecule has 0 aliphatic heterocycles. The Morgan fingerprint density at radius 1 is 1.14 bits per heavy atom. The van der Waals surface area contributed by atoms with Gasteiger partial charge in [0.15, 0.2) is 0 Å². The first-order valence-electron chi connectivity index (χ1n) is 3.98. The van der Waals surface area contributed by atoms with E-state index in [-0.39, 0.29) is 0 Å². The van der Waals surface area contributed by atoms with Gasteiger partial charge in [-0.25, -0.2) is 14.5 Å². The number of nitrogens with zero attached hydrogens (tertiary/aromatic N) is 1. The van der Waals surface area contributed by atoms with Crippen LogP contribution in [0.5, 0.6) is 0 Å². The summed E-state index contributed by atoms with van der Waals surface area (Å²) >= 11 is 0. The average molecular weight is 193 g/mol. The van der Waals surface area contributed by atoms with E-state index < -0.39 is 12.1 Å². The highest BCUT2D eigenvalue weighted by atomic mass is 16.2.